The van der Waals surface area contributed by atoms with Gasteiger partial charge in [-0.15, -0.1) is 10.2 Å². The Morgan fingerprint density at radius 1 is 1.12 bits per heavy atom. The molecular weight excluding hydrogens is 304 g/mol. The second-order valence-electron chi connectivity index (χ2n) is 3.67. The Kier molecular flexibility index (Phi) is 3.64. The van der Waals surface area contributed by atoms with Crippen LogP contribution in [0.15, 0.2) is 28.7 Å². The molecular formula is C12H10BrClN2O. The third kappa shape index (κ3) is 2.96. The van der Waals surface area contributed by atoms with E-state index in [1.165, 1.54) is 0 Å². The molecule has 0 bridgehead atoms. The molecule has 0 radical (unpaired) electrons. The average molecular weight is 314 g/mol. The van der Waals surface area contributed by atoms with E-state index in [-0.39, 0.29) is 0 Å². The van der Waals surface area contributed by atoms with Gasteiger partial charge in [-0.05, 0) is 43.2 Å². The Morgan fingerprint density at radius 3 is 2.29 bits per heavy atom. The fourth-order valence-electron chi connectivity index (χ4n) is 1.44. The topological polar surface area (TPSA) is 35.0 Å². The minimum Gasteiger partial charge on any atom is -0.438 e. The maximum Gasteiger partial charge on any atom is 0.238 e. The first-order valence-corrected chi connectivity index (χ1v) is 6.17. The van der Waals surface area contributed by atoms with Gasteiger partial charge in [0.2, 0.25) is 5.88 Å². The highest BCUT2D eigenvalue weighted by atomic mass is 79.9. The average Bonchev–Trinajstić information content (AvgIpc) is 2.29. The molecule has 1 aromatic carbocycles. The zero-order chi connectivity index (χ0) is 12.4. The van der Waals surface area contributed by atoms with Crippen LogP contribution in [0.3, 0.4) is 0 Å². The number of ether oxygens (including phenoxy) is 1. The van der Waals surface area contributed by atoms with Gasteiger partial charge in [0.25, 0.3) is 0 Å². The van der Waals surface area contributed by atoms with Gasteiger partial charge in [-0.2, -0.15) is 0 Å². The quantitative estimate of drug-likeness (QED) is 0.829. The van der Waals surface area contributed by atoms with E-state index in [0.717, 1.165) is 21.3 Å². The van der Waals surface area contributed by atoms with Crippen LogP contribution in [-0.2, 0) is 0 Å². The Bertz CT molecular complexity index is 520. The van der Waals surface area contributed by atoms with Crippen molar-refractivity contribution in [3.63, 3.8) is 0 Å². The van der Waals surface area contributed by atoms with Gasteiger partial charge < -0.3 is 4.74 Å². The number of hydrogen-bond acceptors (Lipinski definition) is 3. The van der Waals surface area contributed by atoms with E-state index in [1.54, 1.807) is 12.1 Å². The highest BCUT2D eigenvalue weighted by Gasteiger charge is 2.05. The van der Waals surface area contributed by atoms with Crippen molar-refractivity contribution in [2.45, 2.75) is 13.8 Å². The van der Waals surface area contributed by atoms with E-state index in [1.807, 2.05) is 26.0 Å². The Balaban J connectivity index is 2.27. The summed E-state index contributed by atoms with van der Waals surface area (Å²) in [6, 6.07) is 7.20. The third-order valence-corrected chi connectivity index (χ3v) is 3.69. The van der Waals surface area contributed by atoms with E-state index in [4.69, 9.17) is 16.3 Å². The zero-order valence-electron chi connectivity index (χ0n) is 9.37. The van der Waals surface area contributed by atoms with Gasteiger partial charge in [0, 0.05) is 10.5 Å². The van der Waals surface area contributed by atoms with Gasteiger partial charge in [0.15, 0.2) is 5.15 Å². The summed E-state index contributed by atoms with van der Waals surface area (Å²) in [5.41, 5.74) is 2.23. The van der Waals surface area contributed by atoms with Gasteiger partial charge in [-0.25, -0.2) is 0 Å². The second-order valence-corrected chi connectivity index (χ2v) is 4.85. The fourth-order valence-corrected chi connectivity index (χ4v) is 1.77. The van der Waals surface area contributed by atoms with E-state index in [0.29, 0.717) is 11.0 Å². The molecule has 88 valence electrons. The standard InChI is InChI=1S/C12H10BrClN2O/c1-7-5-9(6-8(2)12(7)13)17-11-4-3-10(14)15-16-11/h3-6H,1-2H3. The van der Waals surface area contributed by atoms with Crippen molar-refractivity contribution >= 4 is 27.5 Å². The van der Waals surface area contributed by atoms with Crippen molar-refractivity contribution in [2.24, 2.45) is 0 Å². The lowest BCUT2D eigenvalue weighted by Gasteiger charge is -2.08. The molecule has 0 saturated heterocycles. The van der Waals surface area contributed by atoms with Crippen LogP contribution in [0, 0.1) is 13.8 Å². The van der Waals surface area contributed by atoms with E-state index < -0.39 is 0 Å². The molecule has 0 aliphatic heterocycles. The highest BCUT2D eigenvalue weighted by Crippen LogP contribution is 2.28. The van der Waals surface area contributed by atoms with Gasteiger partial charge in [0.05, 0.1) is 0 Å². The molecule has 0 N–H and O–H groups in total. The number of nitrogens with zero attached hydrogens (tertiary/aromatic N) is 2. The number of hydrogen-bond donors (Lipinski definition) is 0. The molecule has 5 heteroatoms. The monoisotopic (exact) mass is 312 g/mol. The van der Waals surface area contributed by atoms with Crippen LogP contribution in [0.25, 0.3) is 0 Å². The summed E-state index contributed by atoms with van der Waals surface area (Å²) in [6.45, 7) is 4.02. The van der Waals surface area contributed by atoms with Gasteiger partial charge in [-0.1, -0.05) is 27.5 Å². The lowest BCUT2D eigenvalue weighted by atomic mass is 10.1. The summed E-state index contributed by atoms with van der Waals surface area (Å²) < 4.78 is 6.69. The van der Waals surface area contributed by atoms with Crippen molar-refractivity contribution < 1.29 is 4.74 Å². The van der Waals surface area contributed by atoms with Gasteiger partial charge in [-0.3, -0.25) is 0 Å². The number of aromatic nitrogens is 2. The molecule has 0 saturated carbocycles. The lowest BCUT2D eigenvalue weighted by Crippen LogP contribution is -1.92. The molecule has 0 amide bonds. The summed E-state index contributed by atoms with van der Waals surface area (Å²) in [5, 5.41) is 7.91. The van der Waals surface area contributed by atoms with Crippen LogP contribution in [0.5, 0.6) is 11.6 Å². The van der Waals surface area contributed by atoms with Gasteiger partial charge in [0.1, 0.15) is 5.75 Å². The first-order chi connectivity index (χ1) is 8.06. The normalized spacial score (nSPS) is 10.4. The summed E-state index contributed by atoms with van der Waals surface area (Å²) in [4.78, 5) is 0. The molecule has 0 fully saturated rings. The predicted molar refractivity (Wildman–Crippen MR) is 70.7 cm³/mol. The SMILES string of the molecule is Cc1cc(Oc2ccc(Cl)nn2)cc(C)c1Br. The van der Waals surface area contributed by atoms with Gasteiger partial charge >= 0.3 is 0 Å². The molecule has 1 heterocycles. The Morgan fingerprint density at radius 2 is 1.76 bits per heavy atom. The van der Waals surface area contributed by atoms with E-state index >= 15 is 0 Å². The van der Waals surface area contributed by atoms with Crippen molar-refractivity contribution in [3.05, 3.63) is 45.0 Å². The maximum absolute atomic E-state index is 5.65. The molecule has 2 rings (SSSR count). The molecule has 0 spiro atoms. The van der Waals surface area contributed by atoms with Crippen molar-refractivity contribution in [3.8, 4) is 11.6 Å². The molecule has 1 aromatic heterocycles. The molecule has 0 aliphatic carbocycles. The smallest absolute Gasteiger partial charge is 0.238 e. The molecule has 17 heavy (non-hydrogen) atoms. The number of halogens is 2. The number of benzene rings is 1. The highest BCUT2D eigenvalue weighted by molar-refractivity contribution is 9.10. The minimum atomic E-state index is 0.348. The Labute approximate surface area is 113 Å². The molecule has 2 aromatic rings. The summed E-state index contributed by atoms with van der Waals surface area (Å²) >= 11 is 9.16. The minimum absolute atomic E-state index is 0.348. The number of rotatable bonds is 2. The van der Waals surface area contributed by atoms with Crippen LogP contribution in [0.1, 0.15) is 11.1 Å². The second kappa shape index (κ2) is 5.02. The third-order valence-electron chi connectivity index (χ3n) is 2.24. The van der Waals surface area contributed by atoms with Crippen LogP contribution in [0.4, 0.5) is 0 Å². The summed E-state index contributed by atoms with van der Waals surface area (Å²) in [6.07, 6.45) is 0. The predicted octanol–water partition coefficient (Wildman–Crippen LogP) is 4.30. The van der Waals surface area contributed by atoms with Crippen LogP contribution < -0.4 is 4.74 Å². The summed E-state index contributed by atoms with van der Waals surface area (Å²) in [7, 11) is 0. The zero-order valence-corrected chi connectivity index (χ0v) is 11.7. The van der Waals surface area contributed by atoms with Crippen molar-refractivity contribution in [2.75, 3.05) is 0 Å². The largest absolute Gasteiger partial charge is 0.438 e. The molecule has 0 aliphatic rings. The molecule has 0 unspecified atom stereocenters. The van der Waals surface area contributed by atoms with Crippen LogP contribution in [-0.4, -0.2) is 10.2 Å². The summed E-state index contributed by atoms with van der Waals surface area (Å²) in [5.74, 6) is 1.16. The van der Waals surface area contributed by atoms with E-state index in [2.05, 4.69) is 26.1 Å². The van der Waals surface area contributed by atoms with E-state index in [9.17, 15) is 0 Å². The molecule has 3 nitrogen and oxygen atoms in total. The maximum atomic E-state index is 5.65. The van der Waals surface area contributed by atoms with Crippen molar-refractivity contribution in [1.29, 1.82) is 0 Å². The first-order valence-electron chi connectivity index (χ1n) is 5.00. The molecule has 0 atom stereocenters. The van der Waals surface area contributed by atoms with Crippen molar-refractivity contribution in [1.82, 2.24) is 10.2 Å². The number of aryl methyl sites for hydroxylation is 2. The van der Waals surface area contributed by atoms with Crippen LogP contribution >= 0.6 is 27.5 Å². The lowest BCUT2D eigenvalue weighted by molar-refractivity contribution is 0.454. The Hall–Kier alpha value is -1.13. The first kappa shape index (κ1) is 12.3. The van der Waals surface area contributed by atoms with Crippen LogP contribution in [0.2, 0.25) is 5.15 Å². The fraction of sp³-hybridized carbons (Fsp3) is 0.167.